The fraction of sp³-hybridized carbons (Fsp3) is 0.731. The van der Waals surface area contributed by atoms with Crippen LogP contribution in [0.2, 0.25) is 0 Å². The molecule has 0 aromatic rings. The number of fused-ring (bicyclic) bond motifs is 2. The number of carbonyl (C=O) groups is 3. The predicted molar refractivity (Wildman–Crippen MR) is 134 cm³/mol. The van der Waals surface area contributed by atoms with E-state index in [-0.39, 0.29) is 30.4 Å². The van der Waals surface area contributed by atoms with E-state index < -0.39 is 27.4 Å². The minimum Gasteiger partial charge on any atom is -0.396 e. The molecule has 0 aliphatic carbocycles. The van der Waals surface area contributed by atoms with Crippen LogP contribution in [0.4, 0.5) is 0 Å². The van der Waals surface area contributed by atoms with Crippen LogP contribution < -0.4 is 0 Å². The smallest absolute Gasteiger partial charge is 0.247 e. The number of amides is 3. The van der Waals surface area contributed by atoms with E-state index in [1.54, 1.807) is 16.7 Å². The van der Waals surface area contributed by atoms with Gasteiger partial charge in [0, 0.05) is 43.6 Å². The third kappa shape index (κ3) is 3.91. The molecule has 1 unspecified atom stereocenters. The highest BCUT2D eigenvalue weighted by molar-refractivity contribution is 8.02. The standard InChI is InChI=1S/C26H39N3O4S/c1-5-13-27-14-9-11-25(4)19(22(27)31)20-23(32)29(15-7-6-8-17-30)21-24(33)28(18(2)3)16-10-12-26(20,21)34-25/h9-12,18-21,30H,5-8,13-17H2,1-4H3/t19-,20-,21?,25+,26-/m0/s1. The molecule has 34 heavy (non-hydrogen) atoms. The first-order valence-electron chi connectivity index (χ1n) is 12.8. The van der Waals surface area contributed by atoms with Crippen molar-refractivity contribution in [1.82, 2.24) is 14.7 Å². The summed E-state index contributed by atoms with van der Waals surface area (Å²) in [6, 6.07) is -0.596. The summed E-state index contributed by atoms with van der Waals surface area (Å²) in [6.45, 7) is 10.5. The van der Waals surface area contributed by atoms with Gasteiger partial charge < -0.3 is 19.8 Å². The Kier molecular flexibility index (Phi) is 7.21. The lowest BCUT2D eigenvalue weighted by Gasteiger charge is -2.37. The zero-order chi connectivity index (χ0) is 24.7. The second kappa shape index (κ2) is 9.69. The summed E-state index contributed by atoms with van der Waals surface area (Å²) in [7, 11) is 0. The Morgan fingerprint density at radius 2 is 1.74 bits per heavy atom. The number of rotatable bonds is 8. The molecule has 1 N–H and O–H groups in total. The van der Waals surface area contributed by atoms with Crippen molar-refractivity contribution in [2.45, 2.75) is 75.0 Å². The van der Waals surface area contributed by atoms with E-state index in [0.29, 0.717) is 32.6 Å². The van der Waals surface area contributed by atoms with Gasteiger partial charge in [-0.15, -0.1) is 11.8 Å². The molecule has 1 spiro atoms. The summed E-state index contributed by atoms with van der Waals surface area (Å²) in [5.41, 5.74) is 0. The van der Waals surface area contributed by atoms with Crippen molar-refractivity contribution in [2.24, 2.45) is 11.8 Å². The molecule has 4 heterocycles. The number of unbranched alkanes of at least 4 members (excludes halogenated alkanes) is 2. The maximum Gasteiger partial charge on any atom is 0.247 e. The summed E-state index contributed by atoms with van der Waals surface area (Å²) in [5, 5.41) is 9.18. The SMILES string of the molecule is CCCN1CC=C[C@@]2(C)S[C@]34C=CCN(C(C)C)C(=O)C3N(CCCCCO)C(=O)[C@@H]4[C@H]2C1=O. The molecular formula is C26H39N3O4S. The van der Waals surface area contributed by atoms with Gasteiger partial charge in [0.2, 0.25) is 17.7 Å². The summed E-state index contributed by atoms with van der Waals surface area (Å²) < 4.78 is -1.30. The van der Waals surface area contributed by atoms with E-state index in [4.69, 9.17) is 0 Å². The molecule has 4 rings (SSSR count). The topological polar surface area (TPSA) is 81.2 Å². The van der Waals surface area contributed by atoms with Gasteiger partial charge in [0.25, 0.3) is 0 Å². The first-order valence-corrected chi connectivity index (χ1v) is 13.6. The fourth-order valence-electron chi connectivity index (χ4n) is 6.34. The number of likely N-dealkylation sites (tertiary alicyclic amines) is 1. The Morgan fingerprint density at radius 3 is 2.41 bits per heavy atom. The zero-order valence-electron chi connectivity index (χ0n) is 20.9. The minimum absolute atomic E-state index is 0.0201. The number of nitrogens with zero attached hydrogens (tertiary/aromatic N) is 3. The first-order chi connectivity index (χ1) is 16.2. The summed E-state index contributed by atoms with van der Waals surface area (Å²) >= 11 is 1.65. The number of carbonyl (C=O) groups excluding carboxylic acids is 3. The van der Waals surface area contributed by atoms with Crippen LogP contribution >= 0.6 is 11.8 Å². The molecule has 8 heteroatoms. The van der Waals surface area contributed by atoms with Crippen LogP contribution in [0.1, 0.15) is 53.4 Å². The van der Waals surface area contributed by atoms with Gasteiger partial charge in [0.05, 0.1) is 16.6 Å². The quantitative estimate of drug-likeness (QED) is 0.418. The van der Waals surface area contributed by atoms with Crippen LogP contribution in [0.25, 0.3) is 0 Å². The second-order valence-corrected chi connectivity index (χ2v) is 12.3. The summed E-state index contributed by atoms with van der Waals surface area (Å²) in [5.74, 6) is -1.12. The Bertz CT molecular complexity index is 889. The van der Waals surface area contributed by atoms with Crippen molar-refractivity contribution in [3.63, 3.8) is 0 Å². The minimum atomic E-state index is -0.760. The average molecular weight is 490 g/mol. The van der Waals surface area contributed by atoms with Crippen LogP contribution in [0.5, 0.6) is 0 Å². The Hall–Kier alpha value is -1.80. The molecule has 4 aliphatic rings. The monoisotopic (exact) mass is 489 g/mol. The van der Waals surface area contributed by atoms with Crippen LogP contribution in [0.15, 0.2) is 24.3 Å². The van der Waals surface area contributed by atoms with Gasteiger partial charge in [0.1, 0.15) is 6.04 Å². The number of hydrogen-bond acceptors (Lipinski definition) is 5. The van der Waals surface area contributed by atoms with E-state index in [1.165, 1.54) is 0 Å². The zero-order valence-corrected chi connectivity index (χ0v) is 21.7. The third-order valence-corrected chi connectivity index (χ3v) is 9.64. The Balaban J connectivity index is 1.79. The summed E-state index contributed by atoms with van der Waals surface area (Å²) in [6.07, 6.45) is 11.4. The highest BCUT2D eigenvalue weighted by atomic mass is 32.2. The lowest BCUT2D eigenvalue weighted by molar-refractivity contribution is -0.145. The molecule has 0 radical (unpaired) electrons. The van der Waals surface area contributed by atoms with Crippen LogP contribution in [0.3, 0.4) is 0 Å². The van der Waals surface area contributed by atoms with Crippen LogP contribution in [-0.2, 0) is 14.4 Å². The Labute approximate surface area is 207 Å². The molecule has 4 aliphatic heterocycles. The number of thioether (sulfide) groups is 1. The van der Waals surface area contributed by atoms with E-state index in [9.17, 15) is 19.5 Å². The van der Waals surface area contributed by atoms with E-state index in [0.717, 1.165) is 19.3 Å². The predicted octanol–water partition coefficient (Wildman–Crippen LogP) is 2.45. The molecule has 3 amide bonds. The highest BCUT2D eigenvalue weighted by Crippen LogP contribution is 2.65. The van der Waals surface area contributed by atoms with E-state index >= 15 is 0 Å². The van der Waals surface area contributed by atoms with Gasteiger partial charge in [-0.3, -0.25) is 14.4 Å². The van der Waals surface area contributed by atoms with Crippen LogP contribution in [0, 0.1) is 11.8 Å². The maximum atomic E-state index is 14.1. The van der Waals surface area contributed by atoms with Crippen molar-refractivity contribution >= 4 is 29.5 Å². The van der Waals surface area contributed by atoms with Crippen molar-refractivity contribution < 1.29 is 19.5 Å². The van der Waals surface area contributed by atoms with Crippen LogP contribution in [-0.4, -0.2) is 91.9 Å². The van der Waals surface area contributed by atoms with Gasteiger partial charge >= 0.3 is 0 Å². The molecule has 2 fully saturated rings. The lowest BCUT2D eigenvalue weighted by Crippen LogP contribution is -2.54. The van der Waals surface area contributed by atoms with Gasteiger partial charge in [-0.2, -0.15) is 0 Å². The normalized spacial score (nSPS) is 35.1. The number of aliphatic hydroxyl groups excluding tert-OH is 1. The number of aliphatic hydroxyl groups is 1. The molecule has 0 aromatic carbocycles. The maximum absolute atomic E-state index is 14.1. The highest BCUT2D eigenvalue weighted by Gasteiger charge is 2.73. The molecule has 188 valence electrons. The molecule has 0 aromatic heterocycles. The molecule has 5 atom stereocenters. The van der Waals surface area contributed by atoms with Gasteiger partial charge in [-0.25, -0.2) is 0 Å². The molecule has 0 bridgehead atoms. The van der Waals surface area contributed by atoms with Gasteiger partial charge in [0.15, 0.2) is 0 Å². The molecule has 2 saturated heterocycles. The summed E-state index contributed by atoms with van der Waals surface area (Å²) in [4.78, 5) is 47.5. The average Bonchev–Trinajstić information content (AvgIpc) is 3.04. The van der Waals surface area contributed by atoms with Crippen molar-refractivity contribution in [3.05, 3.63) is 24.3 Å². The lowest BCUT2D eigenvalue weighted by atomic mass is 9.74. The Morgan fingerprint density at radius 1 is 1.00 bits per heavy atom. The largest absolute Gasteiger partial charge is 0.396 e. The first kappa shape index (κ1) is 25.3. The van der Waals surface area contributed by atoms with E-state index in [1.807, 2.05) is 29.7 Å². The number of hydrogen-bond donors (Lipinski definition) is 1. The van der Waals surface area contributed by atoms with Crippen molar-refractivity contribution in [3.8, 4) is 0 Å². The fourth-order valence-corrected chi connectivity index (χ4v) is 8.49. The van der Waals surface area contributed by atoms with E-state index in [2.05, 4.69) is 32.1 Å². The van der Waals surface area contributed by atoms with Crippen molar-refractivity contribution in [1.29, 1.82) is 0 Å². The third-order valence-electron chi connectivity index (χ3n) is 7.85. The molecular weight excluding hydrogens is 450 g/mol. The molecule has 7 nitrogen and oxygen atoms in total. The molecule has 0 saturated carbocycles. The van der Waals surface area contributed by atoms with Crippen molar-refractivity contribution in [2.75, 3.05) is 32.8 Å². The van der Waals surface area contributed by atoms with Gasteiger partial charge in [-0.05, 0) is 46.5 Å². The van der Waals surface area contributed by atoms with Gasteiger partial charge in [-0.1, -0.05) is 31.2 Å². The second-order valence-electron chi connectivity index (χ2n) is 10.5.